The average molecular weight is 192 g/mol. The number of rotatable bonds is 4. The van der Waals surface area contributed by atoms with Crippen LogP contribution in [0.5, 0.6) is 11.5 Å². The first-order chi connectivity index (χ1) is 6.67. The molecule has 1 rings (SSSR count). The highest BCUT2D eigenvalue weighted by Crippen LogP contribution is 2.26. The number of carbonyl (C=O) groups is 1. The van der Waals surface area contributed by atoms with Gasteiger partial charge >= 0.3 is 0 Å². The molecule has 0 atom stereocenters. The van der Waals surface area contributed by atoms with Crippen molar-refractivity contribution in [3.8, 4) is 11.5 Å². The fraction of sp³-hybridized carbons (Fsp3) is 0.182. The molecular formula is C11H12O3. The van der Waals surface area contributed by atoms with Gasteiger partial charge in [-0.2, -0.15) is 0 Å². The number of phenols is 1. The molecule has 74 valence electrons. The lowest BCUT2D eigenvalue weighted by molar-refractivity contribution is -0.114. The van der Waals surface area contributed by atoms with Crippen LogP contribution >= 0.6 is 0 Å². The Hall–Kier alpha value is -1.77. The lowest BCUT2D eigenvalue weighted by Gasteiger charge is -2.04. The summed E-state index contributed by atoms with van der Waals surface area (Å²) in [7, 11) is 1.47. The third-order valence-electron chi connectivity index (χ3n) is 1.85. The van der Waals surface area contributed by atoms with E-state index in [0.717, 1.165) is 5.56 Å². The summed E-state index contributed by atoms with van der Waals surface area (Å²) in [5, 5.41) is 9.30. The Labute approximate surface area is 82.6 Å². The molecular weight excluding hydrogens is 180 g/mol. The monoisotopic (exact) mass is 192 g/mol. The van der Waals surface area contributed by atoms with E-state index < -0.39 is 0 Å². The fourth-order valence-electron chi connectivity index (χ4n) is 1.11. The van der Waals surface area contributed by atoms with E-state index in [1.165, 1.54) is 19.3 Å². The van der Waals surface area contributed by atoms with Crippen LogP contribution in [0.1, 0.15) is 5.56 Å². The molecule has 0 aliphatic carbocycles. The van der Waals surface area contributed by atoms with Crippen LogP contribution < -0.4 is 4.74 Å². The molecule has 0 aliphatic heterocycles. The number of aromatic hydroxyl groups is 1. The zero-order chi connectivity index (χ0) is 10.6. The number of benzene rings is 1. The Kier molecular flexibility index (Phi) is 3.29. The lowest BCUT2D eigenvalue weighted by atomic mass is 10.1. The van der Waals surface area contributed by atoms with Crippen molar-refractivity contribution in [3.63, 3.8) is 0 Å². The van der Waals surface area contributed by atoms with E-state index in [0.29, 0.717) is 5.75 Å². The second-order valence-electron chi connectivity index (χ2n) is 2.85. The number of phenolic OH excluding ortho intramolecular Hbond substituents is 1. The van der Waals surface area contributed by atoms with Crippen molar-refractivity contribution in [2.75, 3.05) is 7.11 Å². The Morgan fingerprint density at radius 2 is 2.36 bits per heavy atom. The van der Waals surface area contributed by atoms with Gasteiger partial charge in [0.2, 0.25) is 0 Å². The second kappa shape index (κ2) is 4.46. The van der Waals surface area contributed by atoms with Crippen LogP contribution in [-0.4, -0.2) is 18.0 Å². The van der Waals surface area contributed by atoms with Gasteiger partial charge in [0, 0.05) is 6.42 Å². The molecule has 1 aromatic rings. The van der Waals surface area contributed by atoms with E-state index in [1.54, 1.807) is 12.1 Å². The van der Waals surface area contributed by atoms with Gasteiger partial charge in [-0.3, -0.25) is 4.79 Å². The molecule has 0 spiro atoms. The third-order valence-corrected chi connectivity index (χ3v) is 1.85. The second-order valence-corrected chi connectivity index (χ2v) is 2.85. The van der Waals surface area contributed by atoms with Crippen LogP contribution in [0, 0.1) is 0 Å². The van der Waals surface area contributed by atoms with Crippen LogP contribution in [0.3, 0.4) is 0 Å². The van der Waals surface area contributed by atoms with Gasteiger partial charge in [0.05, 0.1) is 7.11 Å². The van der Waals surface area contributed by atoms with Crippen LogP contribution in [0.4, 0.5) is 0 Å². The maximum atomic E-state index is 11.0. The molecule has 0 fully saturated rings. The van der Waals surface area contributed by atoms with Gasteiger partial charge in [-0.1, -0.05) is 12.6 Å². The third kappa shape index (κ3) is 2.36. The van der Waals surface area contributed by atoms with Crippen molar-refractivity contribution in [2.45, 2.75) is 6.42 Å². The van der Waals surface area contributed by atoms with Gasteiger partial charge in [-0.25, -0.2) is 0 Å². The van der Waals surface area contributed by atoms with Crippen molar-refractivity contribution in [3.05, 3.63) is 36.4 Å². The molecule has 1 N–H and O–H groups in total. The molecule has 0 saturated heterocycles. The van der Waals surface area contributed by atoms with Crippen LogP contribution in [-0.2, 0) is 11.2 Å². The number of methoxy groups -OCH3 is 1. The average Bonchev–Trinajstić information content (AvgIpc) is 2.20. The summed E-state index contributed by atoms with van der Waals surface area (Å²) in [5.41, 5.74) is 0.796. The van der Waals surface area contributed by atoms with Crippen molar-refractivity contribution < 1.29 is 14.6 Å². The summed E-state index contributed by atoms with van der Waals surface area (Å²) < 4.78 is 4.91. The van der Waals surface area contributed by atoms with Gasteiger partial charge in [-0.15, -0.1) is 0 Å². The minimum atomic E-state index is -0.0576. The number of hydrogen-bond acceptors (Lipinski definition) is 3. The number of allylic oxidation sites excluding steroid dienone is 1. The molecule has 0 amide bonds. The molecule has 0 saturated carbocycles. The summed E-state index contributed by atoms with van der Waals surface area (Å²) in [4.78, 5) is 11.0. The van der Waals surface area contributed by atoms with E-state index in [-0.39, 0.29) is 18.0 Å². The standard InChI is InChI=1S/C11H12O3/c1-3-9(12)6-8-4-5-10(13)11(7-8)14-2/h3-5,7,13H,1,6H2,2H3. The molecule has 0 aliphatic rings. The lowest BCUT2D eigenvalue weighted by Crippen LogP contribution is -1.98. The molecule has 0 aromatic heterocycles. The van der Waals surface area contributed by atoms with Crippen molar-refractivity contribution in [1.29, 1.82) is 0 Å². The summed E-state index contributed by atoms with van der Waals surface area (Å²) >= 11 is 0. The predicted molar refractivity (Wildman–Crippen MR) is 53.6 cm³/mol. The maximum absolute atomic E-state index is 11.0. The minimum absolute atomic E-state index is 0.0576. The van der Waals surface area contributed by atoms with Gasteiger partial charge in [0.25, 0.3) is 0 Å². The molecule has 0 radical (unpaired) electrons. The Morgan fingerprint density at radius 1 is 1.64 bits per heavy atom. The summed E-state index contributed by atoms with van der Waals surface area (Å²) in [6.07, 6.45) is 1.56. The summed E-state index contributed by atoms with van der Waals surface area (Å²) in [6, 6.07) is 4.82. The minimum Gasteiger partial charge on any atom is -0.504 e. The molecule has 3 heteroatoms. The predicted octanol–water partition coefficient (Wildman–Crippen LogP) is 1.70. The highest BCUT2D eigenvalue weighted by molar-refractivity contribution is 5.90. The van der Waals surface area contributed by atoms with Gasteiger partial charge in [-0.05, 0) is 23.8 Å². The Bertz CT molecular complexity index is 356. The number of hydrogen-bond donors (Lipinski definition) is 1. The first-order valence-corrected chi connectivity index (χ1v) is 4.18. The normalized spacial score (nSPS) is 9.50. The van der Waals surface area contributed by atoms with Crippen molar-refractivity contribution in [2.24, 2.45) is 0 Å². The van der Waals surface area contributed by atoms with Crippen LogP contribution in [0.25, 0.3) is 0 Å². The molecule has 0 heterocycles. The van der Waals surface area contributed by atoms with E-state index in [2.05, 4.69) is 6.58 Å². The van der Waals surface area contributed by atoms with Crippen molar-refractivity contribution in [1.82, 2.24) is 0 Å². The fourth-order valence-corrected chi connectivity index (χ4v) is 1.11. The smallest absolute Gasteiger partial charge is 0.160 e. The van der Waals surface area contributed by atoms with Crippen LogP contribution in [0.15, 0.2) is 30.9 Å². The zero-order valence-corrected chi connectivity index (χ0v) is 7.99. The molecule has 0 unspecified atom stereocenters. The topological polar surface area (TPSA) is 46.5 Å². The first kappa shape index (κ1) is 10.3. The van der Waals surface area contributed by atoms with E-state index in [1.807, 2.05) is 0 Å². The SMILES string of the molecule is C=CC(=O)Cc1ccc(O)c(OC)c1. The number of carbonyl (C=O) groups excluding carboxylic acids is 1. The Balaban J connectivity index is 2.89. The van der Waals surface area contributed by atoms with Crippen LogP contribution in [0.2, 0.25) is 0 Å². The number of ether oxygens (including phenoxy) is 1. The van der Waals surface area contributed by atoms with Gasteiger partial charge in [0.1, 0.15) is 0 Å². The quantitative estimate of drug-likeness (QED) is 0.738. The first-order valence-electron chi connectivity index (χ1n) is 4.18. The largest absolute Gasteiger partial charge is 0.504 e. The molecule has 3 nitrogen and oxygen atoms in total. The number of ketones is 1. The summed E-state index contributed by atoms with van der Waals surface area (Å²) in [5.74, 6) is 0.388. The van der Waals surface area contributed by atoms with E-state index >= 15 is 0 Å². The highest BCUT2D eigenvalue weighted by Gasteiger charge is 2.04. The van der Waals surface area contributed by atoms with E-state index in [9.17, 15) is 9.90 Å². The highest BCUT2D eigenvalue weighted by atomic mass is 16.5. The van der Waals surface area contributed by atoms with Crippen molar-refractivity contribution >= 4 is 5.78 Å². The molecule has 1 aromatic carbocycles. The van der Waals surface area contributed by atoms with Gasteiger partial charge < -0.3 is 9.84 Å². The zero-order valence-electron chi connectivity index (χ0n) is 7.99. The summed E-state index contributed by atoms with van der Waals surface area (Å²) in [6.45, 7) is 3.39. The van der Waals surface area contributed by atoms with E-state index in [4.69, 9.17) is 4.74 Å². The Morgan fingerprint density at radius 3 is 2.93 bits per heavy atom. The molecule has 0 bridgehead atoms. The maximum Gasteiger partial charge on any atom is 0.160 e. The molecule has 14 heavy (non-hydrogen) atoms. The van der Waals surface area contributed by atoms with Gasteiger partial charge in [0.15, 0.2) is 17.3 Å².